The van der Waals surface area contributed by atoms with Crippen molar-refractivity contribution in [2.24, 2.45) is 0 Å². The molecule has 2 aromatic carbocycles. The third-order valence-electron chi connectivity index (χ3n) is 7.84. The van der Waals surface area contributed by atoms with E-state index < -0.39 is 0 Å². The quantitative estimate of drug-likeness (QED) is 0.154. The maximum atomic E-state index is 4.62. The van der Waals surface area contributed by atoms with Crippen molar-refractivity contribution in [3.05, 3.63) is 155 Å². The first kappa shape index (κ1) is 32.7. The molecule has 0 saturated carbocycles. The maximum absolute atomic E-state index is 4.62. The number of thiophene rings is 1. The molecule has 5 aromatic heterocycles. The van der Waals surface area contributed by atoms with Gasteiger partial charge in [0.25, 0.3) is 0 Å². The number of hydrogen-bond donors (Lipinski definition) is 2. The van der Waals surface area contributed by atoms with Gasteiger partial charge in [-0.1, -0.05) is 48.5 Å². The molecule has 0 atom stereocenters. The van der Waals surface area contributed by atoms with Crippen molar-refractivity contribution in [1.29, 1.82) is 0 Å². The molecule has 0 unspecified atom stereocenters. The third kappa shape index (κ3) is 7.35. The van der Waals surface area contributed by atoms with E-state index in [1.54, 1.807) is 23.7 Å². The summed E-state index contributed by atoms with van der Waals surface area (Å²) in [7, 11) is 0. The van der Waals surface area contributed by atoms with E-state index in [2.05, 4.69) is 109 Å². The Morgan fingerprint density at radius 2 is 1.00 bits per heavy atom. The fourth-order valence-electron chi connectivity index (χ4n) is 5.73. The van der Waals surface area contributed by atoms with Crippen LogP contribution in [0.15, 0.2) is 121 Å². The van der Waals surface area contributed by atoms with Gasteiger partial charge in [-0.2, -0.15) is 0 Å². The number of H-pyrrole nitrogens is 2. The maximum Gasteiger partial charge on any atom is 0.141 e. The molecule has 9 heteroatoms. The summed E-state index contributed by atoms with van der Waals surface area (Å²) < 4.78 is 0. The molecule has 48 heavy (non-hydrogen) atoms. The van der Waals surface area contributed by atoms with Crippen LogP contribution >= 0.6 is 11.3 Å². The summed E-state index contributed by atoms with van der Waals surface area (Å²) in [6.45, 7) is 0. The van der Waals surface area contributed by atoms with Crippen LogP contribution in [0.2, 0.25) is 0 Å². The standard InChI is InChI=1S/C20H14N4.C13H10.C6H4N2S.Cu.Si/c1-2-14-10-16-5-6-18(23-16)12-20-8-7-19(24-20)11-17-4-3-15(22-17)9-13(1)21-14;1-3-7-12-10(5-1)9-11-6-2-4-8-13(11)12;1-4-9-6-5(1)7-2-3-8-6;;/h1-12,21-22H;1-8H,9H2;1-4H;;. The van der Waals surface area contributed by atoms with Crippen molar-refractivity contribution in [2.45, 2.75) is 6.42 Å². The molecule has 2 aliphatic heterocycles. The number of aromatic amines is 2. The smallest absolute Gasteiger partial charge is 0.141 e. The van der Waals surface area contributed by atoms with Gasteiger partial charge in [-0.15, -0.1) is 11.3 Å². The third-order valence-corrected chi connectivity index (χ3v) is 8.65. The minimum Gasteiger partial charge on any atom is -0.355 e. The van der Waals surface area contributed by atoms with Gasteiger partial charge >= 0.3 is 0 Å². The molecule has 10 rings (SSSR count). The SMILES string of the molecule is C1=Cc2cc3ccc(cc4ccc(cc5nc(cc1n2)C=C5)[nH]4)[nH]3.[Cu].[Si].c1ccc2c(c1)Cc1ccccc1-2.c1cnc2sccc2n1. The Labute approximate surface area is 296 Å². The molecule has 1 aliphatic carbocycles. The molecular weight excluding hydrogens is 676 g/mol. The van der Waals surface area contributed by atoms with Crippen LogP contribution in [0.4, 0.5) is 0 Å². The zero-order chi connectivity index (χ0) is 30.7. The van der Waals surface area contributed by atoms with Gasteiger partial charge in [0.05, 0.1) is 28.3 Å². The molecular formula is C39H28CuN6SSi. The largest absolute Gasteiger partial charge is 0.355 e. The van der Waals surface area contributed by atoms with Gasteiger partial charge in [0, 0.05) is 62.5 Å². The second-order valence-electron chi connectivity index (χ2n) is 11.1. The van der Waals surface area contributed by atoms with Gasteiger partial charge < -0.3 is 9.97 Å². The molecule has 3 aliphatic rings. The monoisotopic (exact) mass is 703 g/mol. The molecule has 0 amide bonds. The molecule has 0 fully saturated rings. The number of fused-ring (bicyclic) bond motifs is 12. The van der Waals surface area contributed by atoms with Crippen LogP contribution in [-0.4, -0.2) is 40.9 Å². The van der Waals surface area contributed by atoms with Crippen molar-refractivity contribution < 1.29 is 17.1 Å². The Hall–Kier alpha value is -5.18. The fraction of sp³-hybridized carbons (Fsp3) is 0.0256. The van der Waals surface area contributed by atoms with Crippen molar-refractivity contribution in [3.8, 4) is 11.1 Å². The molecule has 0 spiro atoms. The number of rotatable bonds is 0. The van der Waals surface area contributed by atoms with Gasteiger partial charge in [0.15, 0.2) is 0 Å². The summed E-state index contributed by atoms with van der Waals surface area (Å²) in [5.74, 6) is 0. The Kier molecular flexibility index (Phi) is 10.0. The fourth-order valence-corrected chi connectivity index (χ4v) is 6.42. The molecule has 7 heterocycles. The molecule has 2 N–H and O–H groups in total. The number of hydrogen-bond acceptors (Lipinski definition) is 5. The Morgan fingerprint density at radius 3 is 1.54 bits per heavy atom. The molecule has 5 radical (unpaired) electrons. The van der Waals surface area contributed by atoms with Crippen molar-refractivity contribution in [3.63, 3.8) is 0 Å². The number of benzene rings is 2. The van der Waals surface area contributed by atoms with Crippen molar-refractivity contribution in [2.75, 3.05) is 0 Å². The average Bonchev–Trinajstić information content (AvgIpc) is 3.93. The van der Waals surface area contributed by atoms with Crippen LogP contribution in [0.1, 0.15) is 33.9 Å². The topological polar surface area (TPSA) is 83.1 Å². The minimum atomic E-state index is 0. The van der Waals surface area contributed by atoms with Gasteiger partial charge in [0.2, 0.25) is 0 Å². The average molecular weight is 704 g/mol. The summed E-state index contributed by atoms with van der Waals surface area (Å²) in [4.78, 5) is 25.2. The van der Waals surface area contributed by atoms with E-state index in [0.29, 0.717) is 0 Å². The van der Waals surface area contributed by atoms with Crippen LogP contribution in [0, 0.1) is 0 Å². The first-order chi connectivity index (χ1) is 22.7. The zero-order valence-corrected chi connectivity index (χ0v) is 28.3. The summed E-state index contributed by atoms with van der Waals surface area (Å²) in [5.41, 5.74) is 14.6. The van der Waals surface area contributed by atoms with Crippen molar-refractivity contribution >= 4 is 79.0 Å². The van der Waals surface area contributed by atoms with E-state index in [9.17, 15) is 0 Å². The van der Waals surface area contributed by atoms with E-state index in [-0.39, 0.29) is 28.0 Å². The van der Waals surface area contributed by atoms with Crippen LogP contribution in [0.3, 0.4) is 0 Å². The van der Waals surface area contributed by atoms with E-state index >= 15 is 0 Å². The van der Waals surface area contributed by atoms with E-state index in [1.807, 2.05) is 53.9 Å². The molecule has 8 bridgehead atoms. The predicted octanol–water partition coefficient (Wildman–Crippen LogP) is 9.22. The summed E-state index contributed by atoms with van der Waals surface area (Å²) in [6.07, 6.45) is 12.6. The summed E-state index contributed by atoms with van der Waals surface area (Å²) >= 11 is 1.61. The van der Waals surface area contributed by atoms with Crippen molar-refractivity contribution in [1.82, 2.24) is 29.9 Å². The summed E-state index contributed by atoms with van der Waals surface area (Å²) in [5, 5.41) is 1.99. The van der Waals surface area contributed by atoms with Crippen LogP contribution in [-0.2, 0) is 23.5 Å². The van der Waals surface area contributed by atoms with Gasteiger partial charge in [-0.3, -0.25) is 4.98 Å². The van der Waals surface area contributed by atoms with Gasteiger partial charge in [-0.05, 0) is 113 Å². The van der Waals surface area contributed by atoms with E-state index in [1.165, 1.54) is 22.3 Å². The second kappa shape index (κ2) is 14.7. The molecule has 0 saturated heterocycles. The normalized spacial score (nSPS) is 11.6. The van der Waals surface area contributed by atoms with Gasteiger partial charge in [-0.25, -0.2) is 15.0 Å². The van der Waals surface area contributed by atoms with Crippen LogP contribution in [0.5, 0.6) is 0 Å². The van der Waals surface area contributed by atoms with Crippen LogP contribution < -0.4 is 0 Å². The van der Waals surface area contributed by atoms with Gasteiger partial charge in [0.1, 0.15) is 4.83 Å². The Balaban J connectivity index is 0.000000140. The first-order valence-electron chi connectivity index (χ1n) is 15.1. The first-order valence-corrected chi connectivity index (χ1v) is 15.9. The minimum absolute atomic E-state index is 0. The van der Waals surface area contributed by atoms with E-state index in [4.69, 9.17) is 0 Å². The molecule has 235 valence electrons. The Morgan fingerprint density at radius 1 is 0.521 bits per heavy atom. The number of aromatic nitrogens is 6. The number of nitrogens with one attached hydrogen (secondary N) is 2. The second-order valence-corrected chi connectivity index (χ2v) is 12.0. The summed E-state index contributed by atoms with van der Waals surface area (Å²) in [6, 6.07) is 35.7. The van der Waals surface area contributed by atoms with Crippen LogP contribution in [0.25, 0.3) is 67.8 Å². The zero-order valence-electron chi connectivity index (χ0n) is 25.6. The van der Waals surface area contributed by atoms with E-state index in [0.717, 1.165) is 61.6 Å². The Bertz CT molecular complexity index is 2280. The predicted molar refractivity (Wildman–Crippen MR) is 197 cm³/mol. The number of nitrogens with zero attached hydrogens (tertiary/aromatic N) is 4. The molecule has 6 nitrogen and oxygen atoms in total. The molecule has 7 aromatic rings.